The zero-order chi connectivity index (χ0) is 10.4. The number of ether oxygens (including phenoxy) is 2. The van der Waals surface area contributed by atoms with E-state index in [1.807, 2.05) is 0 Å². The van der Waals surface area contributed by atoms with Crippen LogP contribution in [0.1, 0.15) is 10.4 Å². The first kappa shape index (κ1) is 9.91. The van der Waals surface area contributed by atoms with Crippen molar-refractivity contribution in [2.75, 3.05) is 0 Å². The zero-order valence-corrected chi connectivity index (χ0v) is 7.01. The predicted molar refractivity (Wildman–Crippen MR) is 44.6 cm³/mol. The van der Waals surface area contributed by atoms with Crippen LogP contribution < -0.4 is 4.74 Å². The summed E-state index contributed by atoms with van der Waals surface area (Å²) in [5.74, 6) is -0.813. The molecule has 1 aromatic rings. The van der Waals surface area contributed by atoms with Crippen LogP contribution in [-0.2, 0) is 14.3 Å². The topological polar surface area (TPSA) is 69.7 Å². The van der Waals surface area contributed by atoms with E-state index in [0.717, 1.165) is 0 Å². The molecule has 0 amide bonds. The Morgan fingerprint density at radius 2 is 1.86 bits per heavy atom. The summed E-state index contributed by atoms with van der Waals surface area (Å²) >= 11 is 0. The molecule has 0 aliphatic carbocycles. The van der Waals surface area contributed by atoms with Crippen molar-refractivity contribution < 1.29 is 23.9 Å². The SMILES string of the molecule is O=COC(=O)c1ccccc1OC=O. The molecule has 0 aromatic heterocycles. The van der Waals surface area contributed by atoms with Gasteiger partial charge in [0, 0.05) is 0 Å². The van der Waals surface area contributed by atoms with Crippen LogP contribution in [0.2, 0.25) is 0 Å². The normalized spacial score (nSPS) is 8.86. The molecular formula is C9H6O5. The third kappa shape index (κ3) is 2.16. The van der Waals surface area contributed by atoms with Gasteiger partial charge in [0.1, 0.15) is 11.3 Å². The van der Waals surface area contributed by atoms with Crippen molar-refractivity contribution in [3.63, 3.8) is 0 Å². The third-order valence-corrected chi connectivity index (χ3v) is 1.44. The highest BCUT2D eigenvalue weighted by atomic mass is 16.6. The van der Waals surface area contributed by atoms with Gasteiger partial charge in [-0.25, -0.2) is 4.79 Å². The fourth-order valence-electron chi connectivity index (χ4n) is 0.897. The molecule has 0 fully saturated rings. The van der Waals surface area contributed by atoms with E-state index in [-0.39, 0.29) is 24.3 Å². The average molecular weight is 194 g/mol. The summed E-state index contributed by atoms with van der Waals surface area (Å²) in [5, 5.41) is 0. The van der Waals surface area contributed by atoms with Gasteiger partial charge in [-0.15, -0.1) is 0 Å². The van der Waals surface area contributed by atoms with Crippen LogP contribution in [-0.4, -0.2) is 18.9 Å². The molecule has 0 saturated heterocycles. The Morgan fingerprint density at radius 3 is 2.50 bits per heavy atom. The minimum absolute atomic E-state index is 0.0139. The van der Waals surface area contributed by atoms with Crippen LogP contribution in [0.3, 0.4) is 0 Å². The van der Waals surface area contributed by atoms with Crippen molar-refractivity contribution in [1.29, 1.82) is 0 Å². The van der Waals surface area contributed by atoms with Crippen LogP contribution in [0.25, 0.3) is 0 Å². The van der Waals surface area contributed by atoms with Crippen LogP contribution in [0.4, 0.5) is 0 Å². The van der Waals surface area contributed by atoms with Gasteiger partial charge in [0.25, 0.3) is 6.47 Å². The molecule has 0 bridgehead atoms. The maximum atomic E-state index is 11.1. The van der Waals surface area contributed by atoms with Gasteiger partial charge in [-0.3, -0.25) is 9.59 Å². The van der Waals surface area contributed by atoms with E-state index in [1.165, 1.54) is 12.1 Å². The van der Waals surface area contributed by atoms with Gasteiger partial charge >= 0.3 is 12.4 Å². The first-order valence-corrected chi connectivity index (χ1v) is 3.63. The summed E-state index contributed by atoms with van der Waals surface area (Å²) in [5.41, 5.74) is 0.0201. The van der Waals surface area contributed by atoms with Crippen LogP contribution in [0.15, 0.2) is 24.3 Å². The largest absolute Gasteiger partial charge is 0.428 e. The minimum atomic E-state index is -0.863. The molecule has 0 saturated carbocycles. The van der Waals surface area contributed by atoms with Crippen LogP contribution in [0.5, 0.6) is 5.75 Å². The lowest BCUT2D eigenvalue weighted by atomic mass is 10.2. The highest BCUT2D eigenvalue weighted by molar-refractivity contribution is 5.95. The van der Waals surface area contributed by atoms with Crippen molar-refractivity contribution in [2.24, 2.45) is 0 Å². The summed E-state index contributed by atoms with van der Waals surface area (Å²) in [6.45, 7) is 0.201. The maximum absolute atomic E-state index is 11.1. The molecule has 0 heterocycles. The highest BCUT2D eigenvalue weighted by Gasteiger charge is 2.12. The molecule has 5 heteroatoms. The summed E-state index contributed by atoms with van der Waals surface area (Å²) < 4.78 is 8.61. The summed E-state index contributed by atoms with van der Waals surface area (Å²) in [7, 11) is 0. The number of para-hydroxylation sites is 1. The van der Waals surface area contributed by atoms with E-state index in [2.05, 4.69) is 9.47 Å². The smallest absolute Gasteiger partial charge is 0.349 e. The lowest BCUT2D eigenvalue weighted by molar-refractivity contribution is -0.123. The number of benzene rings is 1. The van der Waals surface area contributed by atoms with Crippen LogP contribution in [0, 0.1) is 0 Å². The molecule has 0 aliphatic heterocycles. The first-order chi connectivity index (χ1) is 6.79. The molecule has 0 N–H and O–H groups in total. The molecule has 0 spiro atoms. The molecular weight excluding hydrogens is 188 g/mol. The summed E-state index contributed by atoms with van der Waals surface area (Å²) in [4.78, 5) is 31.1. The Morgan fingerprint density at radius 1 is 1.14 bits per heavy atom. The fourth-order valence-corrected chi connectivity index (χ4v) is 0.897. The van der Waals surface area contributed by atoms with Gasteiger partial charge in [-0.1, -0.05) is 12.1 Å². The Balaban J connectivity index is 2.99. The molecule has 1 rings (SSSR count). The van der Waals surface area contributed by atoms with Gasteiger partial charge < -0.3 is 9.47 Å². The predicted octanol–water partition coefficient (Wildman–Crippen LogP) is 0.535. The Kier molecular flexibility index (Phi) is 3.37. The highest BCUT2D eigenvalue weighted by Crippen LogP contribution is 2.17. The fraction of sp³-hybridized carbons (Fsp3) is 0. The van der Waals surface area contributed by atoms with Crippen molar-refractivity contribution in [3.8, 4) is 5.75 Å². The quantitative estimate of drug-likeness (QED) is 0.397. The van der Waals surface area contributed by atoms with E-state index in [9.17, 15) is 14.4 Å². The van der Waals surface area contributed by atoms with Gasteiger partial charge in [0.15, 0.2) is 0 Å². The summed E-state index contributed by atoms with van der Waals surface area (Å²) in [6.07, 6.45) is 0. The minimum Gasteiger partial charge on any atom is -0.428 e. The average Bonchev–Trinajstić information content (AvgIpc) is 2.19. The second-order valence-corrected chi connectivity index (χ2v) is 2.21. The second-order valence-electron chi connectivity index (χ2n) is 2.21. The standard InChI is InChI=1S/C9H6O5/c10-5-13-8-4-2-1-3-7(8)9(12)14-6-11/h1-6H. The number of rotatable bonds is 4. The van der Waals surface area contributed by atoms with E-state index < -0.39 is 5.97 Å². The third-order valence-electron chi connectivity index (χ3n) is 1.44. The first-order valence-electron chi connectivity index (χ1n) is 3.63. The number of hydrogen-bond donors (Lipinski definition) is 0. The van der Waals surface area contributed by atoms with Crippen LogP contribution >= 0.6 is 0 Å². The van der Waals surface area contributed by atoms with E-state index >= 15 is 0 Å². The zero-order valence-electron chi connectivity index (χ0n) is 7.01. The van der Waals surface area contributed by atoms with Gasteiger partial charge in [-0.2, -0.15) is 0 Å². The molecule has 14 heavy (non-hydrogen) atoms. The monoisotopic (exact) mass is 194 g/mol. The van der Waals surface area contributed by atoms with Crippen molar-refractivity contribution in [3.05, 3.63) is 29.8 Å². The summed E-state index contributed by atoms with van der Waals surface area (Å²) in [6, 6.07) is 5.93. The van der Waals surface area contributed by atoms with Crippen molar-refractivity contribution >= 4 is 18.9 Å². The molecule has 5 nitrogen and oxygen atoms in total. The molecule has 0 unspecified atom stereocenters. The second kappa shape index (κ2) is 4.76. The number of carbonyl (C=O) groups excluding carboxylic acids is 3. The molecule has 0 atom stereocenters. The van der Waals surface area contributed by atoms with Crippen molar-refractivity contribution in [1.82, 2.24) is 0 Å². The molecule has 0 aliphatic rings. The van der Waals surface area contributed by atoms with E-state index in [0.29, 0.717) is 0 Å². The van der Waals surface area contributed by atoms with E-state index in [4.69, 9.17) is 0 Å². The Labute approximate surface area is 79.2 Å². The lowest BCUT2D eigenvalue weighted by Gasteiger charge is -2.02. The van der Waals surface area contributed by atoms with Gasteiger partial charge in [0.2, 0.25) is 0 Å². The molecule has 1 aromatic carbocycles. The number of esters is 1. The molecule has 72 valence electrons. The Bertz CT molecular complexity index is 358. The number of carbonyl (C=O) groups is 3. The molecule has 0 radical (unpaired) electrons. The van der Waals surface area contributed by atoms with Crippen molar-refractivity contribution in [2.45, 2.75) is 0 Å². The van der Waals surface area contributed by atoms with Gasteiger partial charge in [-0.05, 0) is 12.1 Å². The van der Waals surface area contributed by atoms with E-state index in [1.54, 1.807) is 12.1 Å². The Hall–Kier alpha value is -2.17. The number of hydrogen-bond acceptors (Lipinski definition) is 5. The maximum Gasteiger partial charge on any atom is 0.349 e. The van der Waals surface area contributed by atoms with Gasteiger partial charge in [0.05, 0.1) is 0 Å². The lowest BCUT2D eigenvalue weighted by Crippen LogP contribution is -2.06.